The first-order chi connectivity index (χ1) is 8.81. The summed E-state index contributed by atoms with van der Waals surface area (Å²) in [6.45, 7) is 0.524. The SMILES string of the molecule is NCCCC(=O)Nc1ccccc1-n1ccnc1. The molecule has 0 unspecified atom stereocenters. The molecule has 0 fully saturated rings. The number of hydrogen-bond donors (Lipinski definition) is 2. The third kappa shape index (κ3) is 2.95. The first-order valence-corrected chi connectivity index (χ1v) is 5.88. The van der Waals surface area contributed by atoms with Crippen molar-refractivity contribution in [1.82, 2.24) is 9.55 Å². The monoisotopic (exact) mass is 244 g/mol. The van der Waals surface area contributed by atoms with Crippen molar-refractivity contribution >= 4 is 11.6 Å². The average Bonchev–Trinajstić information content (AvgIpc) is 2.91. The van der Waals surface area contributed by atoms with Gasteiger partial charge in [0.2, 0.25) is 5.91 Å². The predicted molar refractivity (Wildman–Crippen MR) is 70.5 cm³/mol. The molecule has 0 spiro atoms. The van der Waals surface area contributed by atoms with Crippen molar-refractivity contribution in [2.75, 3.05) is 11.9 Å². The van der Waals surface area contributed by atoms with Crippen molar-refractivity contribution in [3.05, 3.63) is 43.0 Å². The molecule has 5 heteroatoms. The van der Waals surface area contributed by atoms with Crippen LogP contribution in [0.1, 0.15) is 12.8 Å². The summed E-state index contributed by atoms with van der Waals surface area (Å²) in [4.78, 5) is 15.7. The third-order valence-corrected chi connectivity index (χ3v) is 2.57. The Morgan fingerprint density at radius 3 is 2.94 bits per heavy atom. The van der Waals surface area contributed by atoms with Crippen molar-refractivity contribution < 1.29 is 4.79 Å². The highest BCUT2D eigenvalue weighted by Gasteiger charge is 2.07. The number of carbonyl (C=O) groups is 1. The number of benzene rings is 1. The minimum Gasteiger partial charge on any atom is -0.330 e. The molecule has 2 aromatic rings. The van der Waals surface area contributed by atoms with Crippen LogP contribution in [0.2, 0.25) is 0 Å². The Morgan fingerprint density at radius 2 is 2.22 bits per heavy atom. The molecule has 1 heterocycles. The van der Waals surface area contributed by atoms with Crippen LogP contribution in [0.3, 0.4) is 0 Å². The van der Waals surface area contributed by atoms with Gasteiger partial charge in [-0.15, -0.1) is 0 Å². The van der Waals surface area contributed by atoms with Gasteiger partial charge in [-0.25, -0.2) is 4.98 Å². The lowest BCUT2D eigenvalue weighted by atomic mass is 10.2. The number of carbonyl (C=O) groups excluding carboxylic acids is 1. The number of hydrogen-bond acceptors (Lipinski definition) is 3. The van der Waals surface area contributed by atoms with Crippen LogP contribution in [-0.2, 0) is 4.79 Å². The van der Waals surface area contributed by atoms with E-state index in [4.69, 9.17) is 5.73 Å². The number of aromatic nitrogens is 2. The predicted octanol–water partition coefficient (Wildman–Crippen LogP) is 1.55. The Bertz CT molecular complexity index is 507. The quantitative estimate of drug-likeness (QED) is 0.838. The number of para-hydroxylation sites is 2. The van der Waals surface area contributed by atoms with Crippen LogP contribution in [0.4, 0.5) is 5.69 Å². The van der Waals surface area contributed by atoms with E-state index in [2.05, 4.69) is 10.3 Å². The highest BCUT2D eigenvalue weighted by molar-refractivity contribution is 5.92. The summed E-state index contributed by atoms with van der Waals surface area (Å²) in [7, 11) is 0. The molecule has 0 aliphatic carbocycles. The zero-order valence-corrected chi connectivity index (χ0v) is 10.0. The molecule has 94 valence electrons. The first-order valence-electron chi connectivity index (χ1n) is 5.88. The maximum absolute atomic E-state index is 11.7. The molecule has 0 radical (unpaired) electrons. The van der Waals surface area contributed by atoms with E-state index in [9.17, 15) is 4.79 Å². The molecule has 18 heavy (non-hydrogen) atoms. The van der Waals surface area contributed by atoms with Crippen LogP contribution in [0, 0.1) is 0 Å². The summed E-state index contributed by atoms with van der Waals surface area (Å²) in [6.07, 6.45) is 6.37. The standard InChI is InChI=1S/C13H16N4O/c14-7-3-6-13(18)16-11-4-1-2-5-12(11)17-9-8-15-10-17/h1-2,4-5,8-10H,3,6-7,14H2,(H,16,18). The number of amides is 1. The molecule has 0 aliphatic rings. The van der Waals surface area contributed by atoms with Gasteiger partial charge in [0.25, 0.3) is 0 Å². The Kier molecular flexibility index (Phi) is 4.09. The molecule has 0 saturated carbocycles. The Labute approximate surface area is 106 Å². The third-order valence-electron chi connectivity index (χ3n) is 2.57. The van der Waals surface area contributed by atoms with Crippen molar-refractivity contribution in [2.45, 2.75) is 12.8 Å². The largest absolute Gasteiger partial charge is 0.330 e. The van der Waals surface area contributed by atoms with Gasteiger partial charge in [0.1, 0.15) is 0 Å². The number of nitrogens with zero attached hydrogens (tertiary/aromatic N) is 2. The van der Waals surface area contributed by atoms with E-state index in [1.165, 1.54) is 0 Å². The van der Waals surface area contributed by atoms with E-state index >= 15 is 0 Å². The number of anilines is 1. The highest BCUT2D eigenvalue weighted by Crippen LogP contribution is 2.19. The maximum atomic E-state index is 11.7. The number of nitrogens with one attached hydrogen (secondary N) is 1. The average molecular weight is 244 g/mol. The lowest BCUT2D eigenvalue weighted by Crippen LogP contribution is -2.14. The van der Waals surface area contributed by atoms with Crippen molar-refractivity contribution in [2.24, 2.45) is 5.73 Å². The fourth-order valence-corrected chi connectivity index (χ4v) is 1.68. The Morgan fingerprint density at radius 1 is 1.39 bits per heavy atom. The smallest absolute Gasteiger partial charge is 0.224 e. The summed E-state index contributed by atoms with van der Waals surface area (Å²) in [6, 6.07) is 7.61. The fourth-order valence-electron chi connectivity index (χ4n) is 1.68. The molecule has 0 bridgehead atoms. The molecule has 3 N–H and O–H groups in total. The van der Waals surface area contributed by atoms with Crippen LogP contribution in [0.15, 0.2) is 43.0 Å². The summed E-state index contributed by atoms with van der Waals surface area (Å²) in [5.74, 6) is -0.0204. The van der Waals surface area contributed by atoms with Crippen molar-refractivity contribution in [3.8, 4) is 5.69 Å². The summed E-state index contributed by atoms with van der Waals surface area (Å²) in [5, 5.41) is 2.89. The molecular formula is C13H16N4O. The van der Waals surface area contributed by atoms with Crippen molar-refractivity contribution in [3.63, 3.8) is 0 Å². The van der Waals surface area contributed by atoms with E-state index in [0.29, 0.717) is 19.4 Å². The van der Waals surface area contributed by atoms with Crippen LogP contribution in [0.5, 0.6) is 0 Å². The molecule has 5 nitrogen and oxygen atoms in total. The van der Waals surface area contributed by atoms with E-state index < -0.39 is 0 Å². The minimum absolute atomic E-state index is 0.0204. The maximum Gasteiger partial charge on any atom is 0.224 e. The van der Waals surface area contributed by atoms with Crippen molar-refractivity contribution in [1.29, 1.82) is 0 Å². The second-order valence-corrected chi connectivity index (χ2v) is 3.93. The summed E-state index contributed by atoms with van der Waals surface area (Å²) in [5.41, 5.74) is 7.06. The fraction of sp³-hybridized carbons (Fsp3) is 0.231. The normalized spacial score (nSPS) is 10.3. The zero-order chi connectivity index (χ0) is 12.8. The van der Waals surface area contributed by atoms with E-state index in [1.54, 1.807) is 12.5 Å². The van der Waals surface area contributed by atoms with Crippen LogP contribution < -0.4 is 11.1 Å². The Hall–Kier alpha value is -2.14. The van der Waals surface area contributed by atoms with Gasteiger partial charge < -0.3 is 15.6 Å². The zero-order valence-electron chi connectivity index (χ0n) is 10.0. The van der Waals surface area contributed by atoms with Gasteiger partial charge in [-0.2, -0.15) is 0 Å². The van der Waals surface area contributed by atoms with Gasteiger partial charge in [-0.05, 0) is 25.1 Å². The topological polar surface area (TPSA) is 72.9 Å². The lowest BCUT2D eigenvalue weighted by molar-refractivity contribution is -0.116. The Balaban J connectivity index is 2.16. The molecule has 0 atom stereocenters. The van der Waals surface area contributed by atoms with Crippen LogP contribution in [-0.4, -0.2) is 22.0 Å². The minimum atomic E-state index is -0.0204. The second-order valence-electron chi connectivity index (χ2n) is 3.93. The summed E-state index contributed by atoms with van der Waals surface area (Å²) >= 11 is 0. The summed E-state index contributed by atoms with van der Waals surface area (Å²) < 4.78 is 1.86. The van der Waals surface area contributed by atoms with Gasteiger partial charge in [0.15, 0.2) is 0 Å². The molecular weight excluding hydrogens is 228 g/mol. The second kappa shape index (κ2) is 5.97. The number of imidazole rings is 1. The first kappa shape index (κ1) is 12.3. The molecule has 1 amide bonds. The highest BCUT2D eigenvalue weighted by atomic mass is 16.1. The van der Waals surface area contributed by atoms with Crippen LogP contribution in [0.25, 0.3) is 5.69 Å². The van der Waals surface area contributed by atoms with E-state index in [-0.39, 0.29) is 5.91 Å². The van der Waals surface area contributed by atoms with Gasteiger partial charge >= 0.3 is 0 Å². The lowest BCUT2D eigenvalue weighted by Gasteiger charge is -2.11. The van der Waals surface area contributed by atoms with Gasteiger partial charge in [0, 0.05) is 18.8 Å². The van der Waals surface area contributed by atoms with Gasteiger partial charge in [-0.3, -0.25) is 4.79 Å². The molecule has 2 rings (SSSR count). The number of rotatable bonds is 5. The molecule has 1 aromatic heterocycles. The molecule has 0 aliphatic heterocycles. The van der Waals surface area contributed by atoms with E-state index in [1.807, 2.05) is 35.0 Å². The molecule has 1 aromatic carbocycles. The van der Waals surface area contributed by atoms with E-state index in [0.717, 1.165) is 11.4 Å². The number of nitrogens with two attached hydrogens (primary N) is 1. The van der Waals surface area contributed by atoms with Gasteiger partial charge in [-0.1, -0.05) is 12.1 Å². The van der Waals surface area contributed by atoms with Gasteiger partial charge in [0.05, 0.1) is 17.7 Å². The van der Waals surface area contributed by atoms with Crippen LogP contribution >= 0.6 is 0 Å². The molecule has 0 saturated heterocycles.